The van der Waals surface area contributed by atoms with Gasteiger partial charge in [-0.15, -0.1) is 11.3 Å². The maximum absolute atomic E-state index is 12.0. The van der Waals surface area contributed by atoms with Gasteiger partial charge in [-0.3, -0.25) is 4.68 Å². The van der Waals surface area contributed by atoms with Crippen LogP contribution in [0.15, 0.2) is 12.4 Å². The minimum Gasteiger partial charge on any atom is -0.465 e. The van der Waals surface area contributed by atoms with Crippen LogP contribution in [0.1, 0.15) is 33.3 Å². The number of carbonyl (C=O) groups excluding carboxylic acids is 1. The van der Waals surface area contributed by atoms with E-state index < -0.39 is 0 Å². The summed E-state index contributed by atoms with van der Waals surface area (Å²) in [6.07, 6.45) is 3.83. The molecule has 0 aliphatic rings. The lowest BCUT2D eigenvalue weighted by Crippen LogP contribution is -2.30. The first-order chi connectivity index (χ1) is 11.4. The third kappa shape index (κ3) is 3.93. The van der Waals surface area contributed by atoms with Crippen LogP contribution in [0.2, 0.25) is 0 Å². The number of anilines is 1. The summed E-state index contributed by atoms with van der Waals surface area (Å²) in [4.78, 5) is 15.0. The molecule has 0 radical (unpaired) electrons. The predicted molar refractivity (Wildman–Crippen MR) is 101 cm³/mol. The highest BCUT2D eigenvalue weighted by atomic mass is 32.1. The van der Waals surface area contributed by atoms with Gasteiger partial charge in [-0.25, -0.2) is 4.79 Å². The Kier molecular flexibility index (Phi) is 5.95. The Morgan fingerprint density at radius 1 is 1.50 bits per heavy atom. The summed E-state index contributed by atoms with van der Waals surface area (Å²) in [5.41, 5.74) is 2.55. The summed E-state index contributed by atoms with van der Waals surface area (Å²) in [7, 11) is 3.29. The number of nitrogens with zero attached hydrogens (tertiary/aromatic N) is 3. The molecular weight excluding hydrogens is 344 g/mol. The molecule has 0 bridgehead atoms. The number of aromatic nitrogens is 2. The van der Waals surface area contributed by atoms with Crippen LogP contribution in [-0.4, -0.2) is 39.9 Å². The van der Waals surface area contributed by atoms with Crippen molar-refractivity contribution >= 4 is 39.6 Å². The fourth-order valence-electron chi connectivity index (χ4n) is 2.26. The molecule has 1 N–H and O–H groups in total. The van der Waals surface area contributed by atoms with E-state index >= 15 is 0 Å². The van der Waals surface area contributed by atoms with E-state index in [1.807, 2.05) is 49.8 Å². The number of hydrogen-bond acceptors (Lipinski definition) is 5. The van der Waals surface area contributed by atoms with E-state index in [1.165, 1.54) is 18.4 Å². The van der Waals surface area contributed by atoms with Gasteiger partial charge in [0.25, 0.3) is 0 Å². The third-order valence-electron chi connectivity index (χ3n) is 3.77. The standard InChI is InChI=1S/C16H22N4O2S2/c1-6-20-9-12(7-17-20)8-19(4)16(23)18-14-13(15(21)22-5)10(2)11(3)24-14/h7,9H,6,8H2,1-5H3,(H,18,23). The predicted octanol–water partition coefficient (Wildman–Crippen LogP) is 3.20. The quantitative estimate of drug-likeness (QED) is 0.648. The van der Waals surface area contributed by atoms with Crippen LogP contribution >= 0.6 is 23.6 Å². The number of nitrogens with one attached hydrogen (secondary N) is 1. The van der Waals surface area contributed by atoms with Crippen molar-refractivity contribution in [1.82, 2.24) is 14.7 Å². The van der Waals surface area contributed by atoms with Crippen molar-refractivity contribution in [2.45, 2.75) is 33.9 Å². The van der Waals surface area contributed by atoms with E-state index in [-0.39, 0.29) is 5.97 Å². The Morgan fingerprint density at radius 2 is 2.21 bits per heavy atom. The van der Waals surface area contributed by atoms with Gasteiger partial charge < -0.3 is 15.0 Å². The monoisotopic (exact) mass is 366 g/mol. The lowest BCUT2D eigenvalue weighted by Gasteiger charge is -2.20. The zero-order chi connectivity index (χ0) is 17.9. The van der Waals surface area contributed by atoms with Crippen molar-refractivity contribution in [1.29, 1.82) is 0 Å². The molecule has 0 atom stereocenters. The zero-order valence-electron chi connectivity index (χ0n) is 14.5. The highest BCUT2D eigenvalue weighted by molar-refractivity contribution is 7.80. The molecule has 2 heterocycles. The topological polar surface area (TPSA) is 59.4 Å². The Hall–Kier alpha value is -1.93. The molecule has 6 nitrogen and oxygen atoms in total. The number of aryl methyl sites for hydroxylation is 2. The molecule has 0 unspecified atom stereocenters. The van der Waals surface area contributed by atoms with Crippen molar-refractivity contribution in [3.05, 3.63) is 34.0 Å². The molecule has 0 saturated heterocycles. The Morgan fingerprint density at radius 3 is 2.79 bits per heavy atom. The van der Waals surface area contributed by atoms with Crippen LogP contribution in [0.4, 0.5) is 5.00 Å². The average Bonchev–Trinajstić information content (AvgIpc) is 3.11. The number of thiophene rings is 1. The van der Waals surface area contributed by atoms with Crippen molar-refractivity contribution in [2.75, 3.05) is 19.5 Å². The second-order valence-electron chi connectivity index (χ2n) is 5.47. The fourth-order valence-corrected chi connectivity index (χ4v) is 3.54. The van der Waals surface area contributed by atoms with Crippen molar-refractivity contribution in [3.8, 4) is 0 Å². The van der Waals surface area contributed by atoms with Gasteiger partial charge in [0.2, 0.25) is 0 Å². The molecule has 8 heteroatoms. The van der Waals surface area contributed by atoms with Gasteiger partial charge >= 0.3 is 5.97 Å². The molecule has 0 spiro atoms. The van der Waals surface area contributed by atoms with Gasteiger partial charge in [-0.05, 0) is 38.6 Å². The maximum atomic E-state index is 12.0. The summed E-state index contributed by atoms with van der Waals surface area (Å²) in [5, 5.41) is 8.70. The van der Waals surface area contributed by atoms with Crippen LogP contribution in [0, 0.1) is 13.8 Å². The summed E-state index contributed by atoms with van der Waals surface area (Å²) in [5.74, 6) is -0.353. The van der Waals surface area contributed by atoms with Gasteiger partial charge in [-0.1, -0.05) is 0 Å². The van der Waals surface area contributed by atoms with E-state index in [1.54, 1.807) is 0 Å². The molecule has 24 heavy (non-hydrogen) atoms. The summed E-state index contributed by atoms with van der Waals surface area (Å²) >= 11 is 6.97. The third-order valence-corrected chi connectivity index (χ3v) is 5.31. The lowest BCUT2D eigenvalue weighted by molar-refractivity contribution is 0.0601. The maximum Gasteiger partial charge on any atom is 0.341 e. The minimum atomic E-state index is -0.353. The van der Waals surface area contributed by atoms with Gasteiger partial charge in [0.15, 0.2) is 5.11 Å². The second-order valence-corrected chi connectivity index (χ2v) is 7.08. The van der Waals surface area contributed by atoms with E-state index in [0.29, 0.717) is 17.2 Å². The number of methoxy groups -OCH3 is 1. The largest absolute Gasteiger partial charge is 0.465 e. The first kappa shape index (κ1) is 18.4. The number of thiocarbonyl (C=S) groups is 1. The van der Waals surface area contributed by atoms with Gasteiger partial charge in [0.05, 0.1) is 18.9 Å². The first-order valence-electron chi connectivity index (χ1n) is 7.59. The van der Waals surface area contributed by atoms with Gasteiger partial charge in [0.1, 0.15) is 5.00 Å². The van der Waals surface area contributed by atoms with Crippen LogP contribution in [0.3, 0.4) is 0 Å². The van der Waals surface area contributed by atoms with Crippen molar-refractivity contribution in [2.24, 2.45) is 0 Å². The summed E-state index contributed by atoms with van der Waals surface area (Å²) < 4.78 is 6.76. The molecule has 0 aliphatic heterocycles. The Bertz CT molecular complexity index is 751. The number of esters is 1. The molecule has 0 aromatic carbocycles. The number of carbonyl (C=O) groups is 1. The number of rotatable bonds is 5. The van der Waals surface area contributed by atoms with E-state index in [9.17, 15) is 4.79 Å². The Balaban J connectivity index is 2.11. The molecule has 2 aromatic rings. The average molecular weight is 367 g/mol. The van der Waals surface area contributed by atoms with Crippen molar-refractivity contribution < 1.29 is 9.53 Å². The molecule has 0 saturated carbocycles. The summed E-state index contributed by atoms with van der Waals surface area (Å²) in [6.45, 7) is 7.41. The van der Waals surface area contributed by atoms with Crippen molar-refractivity contribution in [3.63, 3.8) is 0 Å². The van der Waals surface area contributed by atoms with E-state index in [2.05, 4.69) is 10.4 Å². The molecule has 0 fully saturated rings. The molecule has 2 rings (SSSR count). The summed E-state index contributed by atoms with van der Waals surface area (Å²) in [6, 6.07) is 0. The fraction of sp³-hybridized carbons (Fsp3) is 0.438. The second kappa shape index (κ2) is 7.76. The molecular formula is C16H22N4O2S2. The highest BCUT2D eigenvalue weighted by Gasteiger charge is 2.21. The zero-order valence-corrected chi connectivity index (χ0v) is 16.2. The normalized spacial score (nSPS) is 10.5. The van der Waals surface area contributed by atoms with E-state index in [0.717, 1.165) is 27.5 Å². The number of hydrogen-bond donors (Lipinski definition) is 1. The smallest absolute Gasteiger partial charge is 0.341 e. The molecule has 0 aliphatic carbocycles. The van der Waals surface area contributed by atoms with Crippen LogP contribution < -0.4 is 5.32 Å². The van der Waals surface area contributed by atoms with Gasteiger partial charge in [-0.2, -0.15) is 5.10 Å². The minimum absolute atomic E-state index is 0.353. The number of ether oxygens (including phenoxy) is 1. The highest BCUT2D eigenvalue weighted by Crippen LogP contribution is 2.33. The Labute approximate surface area is 151 Å². The lowest BCUT2D eigenvalue weighted by atomic mass is 10.1. The first-order valence-corrected chi connectivity index (χ1v) is 8.81. The van der Waals surface area contributed by atoms with Crippen LogP contribution in [0.25, 0.3) is 0 Å². The molecule has 2 aromatic heterocycles. The SMILES string of the molecule is CCn1cc(CN(C)C(=S)Nc2sc(C)c(C)c2C(=O)OC)cn1. The molecule has 130 valence electrons. The van der Waals surface area contributed by atoms with Crippen LogP contribution in [-0.2, 0) is 17.8 Å². The van der Waals surface area contributed by atoms with E-state index in [4.69, 9.17) is 17.0 Å². The van der Waals surface area contributed by atoms with Crippen LogP contribution in [0.5, 0.6) is 0 Å². The molecule has 0 amide bonds. The van der Waals surface area contributed by atoms with Gasteiger partial charge in [0, 0.05) is 36.8 Å².